The Labute approximate surface area is 129 Å². The molecule has 0 aliphatic carbocycles. The Bertz CT molecular complexity index is 497. The van der Waals surface area contributed by atoms with Gasteiger partial charge in [0, 0.05) is 18.9 Å². The maximum atomic E-state index is 2.20. The maximum absolute atomic E-state index is 2.20. The molecule has 0 aliphatic heterocycles. The molecule has 0 heterocycles. The molecular formula is C16H18CuLi. The zero-order chi connectivity index (χ0) is 12.4. The first-order valence-electron chi connectivity index (χ1n) is 5.79. The van der Waals surface area contributed by atoms with Gasteiger partial charge in [0.1, 0.15) is 0 Å². The van der Waals surface area contributed by atoms with E-state index in [0.717, 1.165) is 0 Å². The van der Waals surface area contributed by atoms with Crippen molar-refractivity contribution >= 4 is 27.8 Å². The van der Waals surface area contributed by atoms with Gasteiger partial charge in [-0.15, -0.1) is 0 Å². The van der Waals surface area contributed by atoms with Crippen LogP contribution in [-0.2, 0) is 15.0 Å². The van der Waals surface area contributed by atoms with Crippen molar-refractivity contribution in [2.75, 3.05) is 0 Å². The average Bonchev–Trinajstić information content (AvgIpc) is 2.31. The standard InChI is InChI=1S/2C8H9.Cu.Li/c2*1-7-5-3-4-6-8(7)2;;/h2*3-5H,1-2H3;;. The first-order chi connectivity index (χ1) is 8.09. The Kier molecular flexibility index (Phi) is 5.76. The summed E-state index contributed by atoms with van der Waals surface area (Å²) in [6.07, 6.45) is 0. The zero-order valence-corrected chi connectivity index (χ0v) is 12.7. The minimum absolute atomic E-state index is 0. The number of hydrogen-bond acceptors (Lipinski definition) is 0. The fourth-order valence-electron chi connectivity index (χ4n) is 1.64. The van der Waals surface area contributed by atoms with Crippen molar-refractivity contribution in [2.24, 2.45) is 0 Å². The van der Waals surface area contributed by atoms with Crippen molar-refractivity contribution in [1.82, 2.24) is 0 Å². The molecule has 0 aromatic heterocycles. The van der Waals surface area contributed by atoms with Gasteiger partial charge in [-0.2, -0.15) is 0 Å². The van der Waals surface area contributed by atoms with Crippen molar-refractivity contribution in [1.29, 1.82) is 0 Å². The van der Waals surface area contributed by atoms with Crippen LogP contribution in [0.3, 0.4) is 0 Å². The van der Waals surface area contributed by atoms with Gasteiger partial charge in [0.05, 0.1) is 0 Å². The van der Waals surface area contributed by atoms with E-state index in [1.165, 1.54) is 31.2 Å². The molecule has 0 N–H and O–H groups in total. The molecule has 0 saturated heterocycles. The summed E-state index contributed by atoms with van der Waals surface area (Å²) >= 11 is 1.97. The van der Waals surface area contributed by atoms with Crippen molar-refractivity contribution in [2.45, 2.75) is 27.7 Å². The molecule has 1 radical (unpaired) electrons. The SMILES string of the molecule is Cc1ccc[c]([Cu][c]2cccc(C)c2C)c1C.[Li]. The van der Waals surface area contributed by atoms with Crippen LogP contribution in [0.25, 0.3) is 0 Å². The number of aryl methyl sites for hydroxylation is 2. The summed E-state index contributed by atoms with van der Waals surface area (Å²) in [7, 11) is 0. The predicted molar refractivity (Wildman–Crippen MR) is 76.9 cm³/mol. The summed E-state index contributed by atoms with van der Waals surface area (Å²) < 4.78 is 2.70. The first kappa shape index (κ1) is 15.6. The largest absolute Gasteiger partial charge is 0 e. The van der Waals surface area contributed by atoms with Crippen molar-refractivity contribution in [3.63, 3.8) is 0 Å². The van der Waals surface area contributed by atoms with Crippen molar-refractivity contribution < 1.29 is 15.0 Å². The molecule has 0 nitrogen and oxygen atoms in total. The van der Waals surface area contributed by atoms with Crippen LogP contribution in [0, 0.1) is 27.7 Å². The van der Waals surface area contributed by atoms with Gasteiger partial charge >= 0.3 is 110 Å². The molecule has 0 bridgehead atoms. The molecular weight excluding hydrogens is 263 g/mol. The van der Waals surface area contributed by atoms with Gasteiger partial charge < -0.3 is 0 Å². The molecule has 2 aromatic carbocycles. The van der Waals surface area contributed by atoms with Gasteiger partial charge in [-0.1, -0.05) is 0 Å². The average molecular weight is 281 g/mol. The van der Waals surface area contributed by atoms with Crippen LogP contribution < -0.4 is 8.92 Å². The van der Waals surface area contributed by atoms with Crippen molar-refractivity contribution in [3.05, 3.63) is 58.7 Å². The Morgan fingerprint density at radius 1 is 0.667 bits per heavy atom. The van der Waals surface area contributed by atoms with Gasteiger partial charge in [0.25, 0.3) is 0 Å². The summed E-state index contributed by atoms with van der Waals surface area (Å²) in [5.74, 6) is 0. The van der Waals surface area contributed by atoms with Crippen LogP contribution in [0.15, 0.2) is 36.4 Å². The monoisotopic (exact) mass is 280 g/mol. The first-order valence-corrected chi connectivity index (χ1v) is 6.73. The Morgan fingerprint density at radius 3 is 1.44 bits per heavy atom. The van der Waals surface area contributed by atoms with Gasteiger partial charge in [0.15, 0.2) is 0 Å². The smallest absolute Gasteiger partial charge is 0 e. The van der Waals surface area contributed by atoms with Gasteiger partial charge in [-0.25, -0.2) is 0 Å². The molecule has 94 valence electrons. The minimum atomic E-state index is 0. The van der Waals surface area contributed by atoms with E-state index >= 15 is 0 Å². The van der Waals surface area contributed by atoms with E-state index in [1.807, 2.05) is 15.0 Å². The van der Waals surface area contributed by atoms with Crippen LogP contribution in [0.1, 0.15) is 22.3 Å². The zero-order valence-electron chi connectivity index (χ0n) is 11.8. The molecule has 0 fully saturated rings. The van der Waals surface area contributed by atoms with E-state index in [0.29, 0.717) is 0 Å². The Balaban J connectivity index is 0.00000162. The second-order valence-corrected chi connectivity index (χ2v) is 5.61. The van der Waals surface area contributed by atoms with E-state index in [4.69, 9.17) is 0 Å². The molecule has 2 aromatic rings. The van der Waals surface area contributed by atoms with Crippen LogP contribution in [0.5, 0.6) is 0 Å². The fourth-order valence-corrected chi connectivity index (χ4v) is 2.97. The minimum Gasteiger partial charge on any atom is 0 e. The Morgan fingerprint density at radius 2 is 1.06 bits per heavy atom. The Hall–Kier alpha value is -0.443. The van der Waals surface area contributed by atoms with Crippen LogP contribution >= 0.6 is 0 Å². The number of rotatable bonds is 2. The molecule has 0 saturated carbocycles. The third-order valence-corrected chi connectivity index (χ3v) is 4.68. The summed E-state index contributed by atoms with van der Waals surface area (Å²) in [6.45, 7) is 8.72. The van der Waals surface area contributed by atoms with Crippen LogP contribution in [0.4, 0.5) is 0 Å². The van der Waals surface area contributed by atoms with Crippen molar-refractivity contribution in [3.8, 4) is 0 Å². The van der Waals surface area contributed by atoms with E-state index in [1.54, 1.807) is 0 Å². The topological polar surface area (TPSA) is 0 Å². The predicted octanol–water partition coefficient (Wildman–Crippen LogP) is 2.57. The summed E-state index contributed by atoms with van der Waals surface area (Å²) in [5, 5.41) is 0. The summed E-state index contributed by atoms with van der Waals surface area (Å²) in [4.78, 5) is 0. The van der Waals surface area contributed by atoms with E-state index < -0.39 is 0 Å². The number of hydrogen-bond donors (Lipinski definition) is 0. The molecule has 0 unspecified atom stereocenters. The fraction of sp³-hybridized carbons (Fsp3) is 0.250. The van der Waals surface area contributed by atoms with E-state index in [9.17, 15) is 0 Å². The second-order valence-electron chi connectivity index (χ2n) is 4.36. The van der Waals surface area contributed by atoms with Crippen LogP contribution in [0.2, 0.25) is 0 Å². The molecule has 0 atom stereocenters. The van der Waals surface area contributed by atoms with E-state index in [2.05, 4.69) is 64.1 Å². The van der Waals surface area contributed by atoms with E-state index in [-0.39, 0.29) is 18.9 Å². The molecule has 0 aliphatic rings. The molecule has 2 rings (SSSR count). The van der Waals surface area contributed by atoms with Gasteiger partial charge in [-0.05, 0) is 0 Å². The second kappa shape index (κ2) is 6.64. The molecule has 0 amide bonds. The van der Waals surface area contributed by atoms with Gasteiger partial charge in [-0.3, -0.25) is 0 Å². The van der Waals surface area contributed by atoms with Crippen LogP contribution in [-0.4, -0.2) is 18.9 Å². The third kappa shape index (κ3) is 3.31. The summed E-state index contributed by atoms with van der Waals surface area (Å²) in [5.41, 5.74) is 5.48. The third-order valence-electron chi connectivity index (χ3n) is 3.16. The molecule has 18 heavy (non-hydrogen) atoms. The summed E-state index contributed by atoms with van der Waals surface area (Å²) in [6, 6.07) is 13.0. The van der Waals surface area contributed by atoms with Gasteiger partial charge in [0.2, 0.25) is 0 Å². The maximum Gasteiger partial charge on any atom is 0 e. The normalized spacial score (nSPS) is 10.2. The molecule has 0 spiro atoms. The number of benzene rings is 2. The quantitative estimate of drug-likeness (QED) is 0.742. The molecule has 2 heteroatoms.